The second kappa shape index (κ2) is 5.25. The van der Waals surface area contributed by atoms with Gasteiger partial charge < -0.3 is 10.2 Å². The fourth-order valence-corrected chi connectivity index (χ4v) is 2.86. The molecule has 0 bridgehead atoms. The fraction of sp³-hybridized carbons (Fsp3) is 0.429. The summed E-state index contributed by atoms with van der Waals surface area (Å²) in [6.45, 7) is 5.85. The lowest BCUT2D eigenvalue weighted by Crippen LogP contribution is -2.48. The van der Waals surface area contributed by atoms with Crippen LogP contribution in [-0.2, 0) is 9.59 Å². The lowest BCUT2D eigenvalue weighted by atomic mass is 10.1. The molecule has 1 heterocycles. The van der Waals surface area contributed by atoms with Gasteiger partial charge in [-0.25, -0.2) is 0 Å². The van der Waals surface area contributed by atoms with Gasteiger partial charge in [0.25, 0.3) is 0 Å². The van der Waals surface area contributed by atoms with E-state index < -0.39 is 0 Å². The SMILES string of the molecule is CC(C)(C)NC(=O)CN1C(=O)CSc2ccccc21. The van der Waals surface area contributed by atoms with E-state index in [1.165, 1.54) is 11.8 Å². The zero-order chi connectivity index (χ0) is 14.0. The topological polar surface area (TPSA) is 49.4 Å². The highest BCUT2D eigenvalue weighted by Gasteiger charge is 2.27. The number of para-hydroxylation sites is 1. The Morgan fingerprint density at radius 3 is 2.74 bits per heavy atom. The minimum Gasteiger partial charge on any atom is -0.350 e. The lowest BCUT2D eigenvalue weighted by Gasteiger charge is -2.29. The highest BCUT2D eigenvalue weighted by atomic mass is 32.2. The summed E-state index contributed by atoms with van der Waals surface area (Å²) in [5.74, 6) is 0.232. The van der Waals surface area contributed by atoms with Crippen LogP contribution in [0.2, 0.25) is 0 Å². The van der Waals surface area contributed by atoms with Gasteiger partial charge in [0.2, 0.25) is 11.8 Å². The summed E-state index contributed by atoms with van der Waals surface area (Å²) in [4.78, 5) is 26.6. The predicted octanol–water partition coefficient (Wildman–Crippen LogP) is 2.04. The number of carbonyl (C=O) groups excluding carboxylic acids is 2. The third-order valence-electron chi connectivity index (χ3n) is 2.62. The summed E-state index contributed by atoms with van der Waals surface area (Å²) in [6.07, 6.45) is 0. The van der Waals surface area contributed by atoms with E-state index >= 15 is 0 Å². The number of thioether (sulfide) groups is 1. The average Bonchev–Trinajstić information content (AvgIpc) is 2.31. The Morgan fingerprint density at radius 1 is 1.37 bits per heavy atom. The molecule has 0 aromatic heterocycles. The maximum Gasteiger partial charge on any atom is 0.240 e. The molecule has 0 saturated carbocycles. The molecule has 5 heteroatoms. The molecule has 2 rings (SSSR count). The van der Waals surface area contributed by atoms with E-state index in [0.29, 0.717) is 5.75 Å². The van der Waals surface area contributed by atoms with Crippen molar-refractivity contribution in [2.24, 2.45) is 0 Å². The summed E-state index contributed by atoms with van der Waals surface area (Å²) >= 11 is 1.52. The molecule has 0 atom stereocenters. The Bertz CT molecular complexity index is 508. The van der Waals surface area contributed by atoms with Crippen LogP contribution >= 0.6 is 11.8 Å². The van der Waals surface area contributed by atoms with Gasteiger partial charge in [-0.05, 0) is 32.9 Å². The molecule has 19 heavy (non-hydrogen) atoms. The van der Waals surface area contributed by atoms with Gasteiger partial charge in [0, 0.05) is 10.4 Å². The van der Waals surface area contributed by atoms with Crippen LogP contribution in [0.15, 0.2) is 29.2 Å². The van der Waals surface area contributed by atoms with E-state index in [1.54, 1.807) is 4.90 Å². The lowest BCUT2D eigenvalue weighted by molar-refractivity contribution is -0.124. The zero-order valence-electron chi connectivity index (χ0n) is 11.4. The van der Waals surface area contributed by atoms with Crippen molar-refractivity contribution in [2.75, 3.05) is 17.2 Å². The Balaban J connectivity index is 2.16. The van der Waals surface area contributed by atoms with Crippen molar-refractivity contribution in [3.63, 3.8) is 0 Å². The largest absolute Gasteiger partial charge is 0.350 e. The normalized spacial score (nSPS) is 15.1. The molecule has 0 radical (unpaired) electrons. The molecule has 1 aliphatic heterocycles. The third kappa shape index (κ3) is 3.50. The van der Waals surface area contributed by atoms with Crippen molar-refractivity contribution in [2.45, 2.75) is 31.2 Å². The highest BCUT2D eigenvalue weighted by Crippen LogP contribution is 2.34. The number of nitrogens with zero attached hydrogens (tertiary/aromatic N) is 1. The number of hydrogen-bond donors (Lipinski definition) is 1. The predicted molar refractivity (Wildman–Crippen MR) is 77.4 cm³/mol. The second-order valence-electron chi connectivity index (χ2n) is 5.53. The molecule has 0 spiro atoms. The number of carbonyl (C=O) groups is 2. The van der Waals surface area contributed by atoms with E-state index in [2.05, 4.69) is 5.32 Å². The van der Waals surface area contributed by atoms with Crippen molar-refractivity contribution >= 4 is 29.3 Å². The molecular weight excluding hydrogens is 260 g/mol. The Morgan fingerprint density at radius 2 is 2.05 bits per heavy atom. The number of amides is 2. The minimum atomic E-state index is -0.288. The highest BCUT2D eigenvalue weighted by molar-refractivity contribution is 8.00. The first-order valence-electron chi connectivity index (χ1n) is 6.20. The summed E-state index contributed by atoms with van der Waals surface area (Å²) in [5.41, 5.74) is 0.539. The number of hydrogen-bond acceptors (Lipinski definition) is 3. The van der Waals surface area contributed by atoms with Gasteiger partial charge in [-0.15, -0.1) is 11.8 Å². The molecule has 0 saturated heterocycles. The molecule has 2 amide bonds. The van der Waals surface area contributed by atoms with E-state index in [4.69, 9.17) is 0 Å². The molecule has 1 N–H and O–H groups in total. The van der Waals surface area contributed by atoms with Crippen LogP contribution in [-0.4, -0.2) is 29.7 Å². The molecule has 1 aliphatic rings. The van der Waals surface area contributed by atoms with Crippen molar-refractivity contribution in [1.82, 2.24) is 5.32 Å². The molecule has 0 aliphatic carbocycles. The van der Waals surface area contributed by atoms with Crippen LogP contribution in [0.3, 0.4) is 0 Å². The van der Waals surface area contributed by atoms with E-state index in [1.807, 2.05) is 45.0 Å². The van der Waals surface area contributed by atoms with Crippen molar-refractivity contribution in [1.29, 1.82) is 0 Å². The van der Waals surface area contributed by atoms with Crippen LogP contribution in [0.5, 0.6) is 0 Å². The summed E-state index contributed by atoms with van der Waals surface area (Å²) in [7, 11) is 0. The van der Waals surface area contributed by atoms with Crippen molar-refractivity contribution in [3.8, 4) is 0 Å². The summed E-state index contributed by atoms with van der Waals surface area (Å²) in [5, 5.41) is 2.88. The third-order valence-corrected chi connectivity index (χ3v) is 3.67. The van der Waals surface area contributed by atoms with Crippen LogP contribution in [0.25, 0.3) is 0 Å². The maximum atomic E-state index is 12.0. The molecular formula is C14H18N2O2S. The van der Waals surface area contributed by atoms with Crippen LogP contribution in [0.1, 0.15) is 20.8 Å². The maximum absolute atomic E-state index is 12.0. The number of benzene rings is 1. The monoisotopic (exact) mass is 278 g/mol. The zero-order valence-corrected chi connectivity index (χ0v) is 12.2. The molecule has 1 aromatic rings. The van der Waals surface area contributed by atoms with Gasteiger partial charge in [-0.3, -0.25) is 9.59 Å². The molecule has 1 aromatic carbocycles. The fourth-order valence-electron chi connectivity index (χ4n) is 1.93. The van der Waals surface area contributed by atoms with E-state index in [-0.39, 0.29) is 23.9 Å². The first-order chi connectivity index (χ1) is 8.87. The first kappa shape index (κ1) is 13.9. The van der Waals surface area contributed by atoms with Crippen LogP contribution < -0.4 is 10.2 Å². The smallest absolute Gasteiger partial charge is 0.240 e. The van der Waals surface area contributed by atoms with Gasteiger partial charge >= 0.3 is 0 Å². The van der Waals surface area contributed by atoms with Crippen LogP contribution in [0, 0.1) is 0 Å². The molecule has 4 nitrogen and oxygen atoms in total. The quantitative estimate of drug-likeness (QED) is 0.900. The minimum absolute atomic E-state index is 0.0206. The number of fused-ring (bicyclic) bond motifs is 1. The van der Waals surface area contributed by atoms with E-state index in [9.17, 15) is 9.59 Å². The van der Waals surface area contributed by atoms with Gasteiger partial charge in [-0.2, -0.15) is 0 Å². The average molecular weight is 278 g/mol. The molecule has 0 fully saturated rings. The van der Waals surface area contributed by atoms with Crippen LogP contribution in [0.4, 0.5) is 5.69 Å². The Kier molecular flexibility index (Phi) is 3.85. The molecule has 0 unspecified atom stereocenters. The molecule has 102 valence electrons. The van der Waals surface area contributed by atoms with Crippen molar-refractivity contribution < 1.29 is 9.59 Å². The van der Waals surface area contributed by atoms with Crippen molar-refractivity contribution in [3.05, 3.63) is 24.3 Å². The Labute approximate surface area is 117 Å². The summed E-state index contributed by atoms with van der Waals surface area (Å²) in [6, 6.07) is 7.67. The standard InChI is InChI=1S/C14H18N2O2S/c1-14(2,3)15-12(17)8-16-10-6-4-5-7-11(10)19-9-13(16)18/h4-7H,8-9H2,1-3H3,(H,15,17). The number of anilines is 1. The van der Waals surface area contributed by atoms with Gasteiger partial charge in [0.15, 0.2) is 0 Å². The number of rotatable bonds is 2. The number of nitrogens with one attached hydrogen (secondary N) is 1. The van der Waals surface area contributed by atoms with Gasteiger partial charge in [-0.1, -0.05) is 12.1 Å². The summed E-state index contributed by atoms with van der Waals surface area (Å²) < 4.78 is 0. The second-order valence-corrected chi connectivity index (χ2v) is 6.55. The van der Waals surface area contributed by atoms with E-state index in [0.717, 1.165) is 10.6 Å². The Hall–Kier alpha value is -1.49. The van der Waals surface area contributed by atoms with Gasteiger partial charge in [0.05, 0.1) is 11.4 Å². The van der Waals surface area contributed by atoms with Gasteiger partial charge in [0.1, 0.15) is 6.54 Å². The first-order valence-corrected chi connectivity index (χ1v) is 7.18.